The smallest absolute Gasteiger partial charge is 0.130 e. The minimum atomic E-state index is -0.537. The van der Waals surface area contributed by atoms with E-state index in [1.807, 2.05) is 19.3 Å². The summed E-state index contributed by atoms with van der Waals surface area (Å²) in [4.78, 5) is 4.44. The average Bonchev–Trinajstić information content (AvgIpc) is 2.98. The number of nitrogens with one attached hydrogen (secondary N) is 1. The van der Waals surface area contributed by atoms with Crippen molar-refractivity contribution in [1.29, 1.82) is 0 Å². The maximum Gasteiger partial charge on any atom is 0.130 e. The van der Waals surface area contributed by atoms with E-state index in [-0.39, 0.29) is 6.04 Å². The van der Waals surface area contributed by atoms with Gasteiger partial charge in [-0.3, -0.25) is 0 Å². The molecule has 5 heteroatoms. The molecule has 1 N–H and O–H groups in total. The molecule has 0 fully saturated rings. The number of fused-ring (bicyclic) bond motifs is 1. The minimum Gasteiger partial charge on any atom is -0.335 e. The first-order valence-electron chi connectivity index (χ1n) is 7.88. The SMILES string of the molecule is CCC(NCC1CCCn2ccnc21)c1ccc(F)cc1F. The largest absolute Gasteiger partial charge is 0.335 e. The van der Waals surface area contributed by atoms with Crippen LogP contribution in [0.1, 0.15) is 49.5 Å². The molecule has 2 aromatic rings. The first-order chi connectivity index (χ1) is 10.7. The number of imidazole rings is 1. The van der Waals surface area contributed by atoms with Crippen molar-refractivity contribution in [1.82, 2.24) is 14.9 Å². The summed E-state index contributed by atoms with van der Waals surface area (Å²) >= 11 is 0. The Bertz CT molecular complexity index is 639. The topological polar surface area (TPSA) is 29.9 Å². The molecule has 0 bridgehead atoms. The Balaban J connectivity index is 1.70. The van der Waals surface area contributed by atoms with Gasteiger partial charge < -0.3 is 9.88 Å². The van der Waals surface area contributed by atoms with E-state index in [2.05, 4.69) is 14.9 Å². The van der Waals surface area contributed by atoms with Crippen LogP contribution in [0.2, 0.25) is 0 Å². The predicted molar refractivity (Wildman–Crippen MR) is 81.6 cm³/mol. The van der Waals surface area contributed by atoms with E-state index in [9.17, 15) is 8.78 Å². The van der Waals surface area contributed by atoms with Crippen LogP contribution >= 0.6 is 0 Å². The first-order valence-corrected chi connectivity index (χ1v) is 7.88. The number of aryl methyl sites for hydroxylation is 1. The monoisotopic (exact) mass is 305 g/mol. The quantitative estimate of drug-likeness (QED) is 0.911. The fraction of sp³-hybridized carbons (Fsp3) is 0.471. The zero-order valence-electron chi connectivity index (χ0n) is 12.7. The van der Waals surface area contributed by atoms with Crippen molar-refractivity contribution < 1.29 is 8.78 Å². The summed E-state index contributed by atoms with van der Waals surface area (Å²) in [5, 5.41) is 3.43. The van der Waals surface area contributed by atoms with Crippen molar-refractivity contribution in [2.75, 3.05) is 6.54 Å². The number of benzene rings is 1. The summed E-state index contributed by atoms with van der Waals surface area (Å²) < 4.78 is 29.2. The van der Waals surface area contributed by atoms with Crippen LogP contribution in [0.3, 0.4) is 0 Å². The maximum atomic E-state index is 13.9. The lowest BCUT2D eigenvalue weighted by Gasteiger charge is -2.26. The molecule has 118 valence electrons. The third-order valence-corrected chi connectivity index (χ3v) is 4.42. The van der Waals surface area contributed by atoms with Crippen molar-refractivity contribution in [2.24, 2.45) is 0 Å². The number of rotatable bonds is 5. The van der Waals surface area contributed by atoms with Gasteiger partial charge in [0, 0.05) is 49.1 Å². The summed E-state index contributed by atoms with van der Waals surface area (Å²) in [5.74, 6) is 0.435. The predicted octanol–water partition coefficient (Wildman–Crippen LogP) is 3.78. The van der Waals surface area contributed by atoms with Gasteiger partial charge in [-0.05, 0) is 25.3 Å². The molecule has 1 aliphatic rings. The Morgan fingerprint density at radius 3 is 3.05 bits per heavy atom. The molecule has 0 saturated carbocycles. The molecule has 2 atom stereocenters. The van der Waals surface area contributed by atoms with Crippen molar-refractivity contribution in [2.45, 2.75) is 44.7 Å². The lowest BCUT2D eigenvalue weighted by Crippen LogP contribution is -2.30. The minimum absolute atomic E-state index is 0.106. The number of aromatic nitrogens is 2. The number of hydrogen-bond acceptors (Lipinski definition) is 2. The molecule has 22 heavy (non-hydrogen) atoms. The third-order valence-electron chi connectivity index (χ3n) is 4.42. The highest BCUT2D eigenvalue weighted by atomic mass is 19.1. The van der Waals surface area contributed by atoms with Gasteiger partial charge in [-0.25, -0.2) is 13.8 Å². The number of halogens is 2. The molecule has 2 heterocycles. The first kappa shape index (κ1) is 15.2. The van der Waals surface area contributed by atoms with Crippen LogP contribution in [-0.2, 0) is 6.54 Å². The fourth-order valence-electron chi connectivity index (χ4n) is 3.24. The Morgan fingerprint density at radius 1 is 1.41 bits per heavy atom. The van der Waals surface area contributed by atoms with Crippen LogP contribution in [-0.4, -0.2) is 16.1 Å². The van der Waals surface area contributed by atoms with Crippen molar-refractivity contribution in [3.05, 3.63) is 53.6 Å². The molecule has 1 aromatic carbocycles. The van der Waals surface area contributed by atoms with E-state index in [0.717, 1.165) is 44.2 Å². The Kier molecular flexibility index (Phi) is 4.52. The summed E-state index contributed by atoms with van der Waals surface area (Å²) in [5.41, 5.74) is 0.531. The van der Waals surface area contributed by atoms with Gasteiger partial charge >= 0.3 is 0 Å². The van der Waals surface area contributed by atoms with Crippen LogP contribution in [0.25, 0.3) is 0 Å². The lowest BCUT2D eigenvalue weighted by atomic mass is 9.97. The van der Waals surface area contributed by atoms with Crippen molar-refractivity contribution in [3.63, 3.8) is 0 Å². The van der Waals surface area contributed by atoms with Gasteiger partial charge in [0.1, 0.15) is 17.5 Å². The molecule has 0 radical (unpaired) electrons. The molecule has 3 nitrogen and oxygen atoms in total. The standard InChI is InChI=1S/C17H21F2N3/c1-2-16(14-6-5-13(18)10-15(14)19)21-11-12-4-3-8-22-9-7-20-17(12)22/h5-7,9-10,12,16,21H,2-4,8,11H2,1H3. The third kappa shape index (κ3) is 3.04. The highest BCUT2D eigenvalue weighted by molar-refractivity contribution is 5.22. The molecule has 0 amide bonds. The molecule has 1 aliphatic heterocycles. The van der Waals surface area contributed by atoms with E-state index in [4.69, 9.17) is 0 Å². The van der Waals surface area contributed by atoms with Crippen molar-refractivity contribution in [3.8, 4) is 0 Å². The maximum absolute atomic E-state index is 13.9. The van der Waals surface area contributed by atoms with Crippen LogP contribution < -0.4 is 5.32 Å². The zero-order chi connectivity index (χ0) is 15.5. The second kappa shape index (κ2) is 6.57. The van der Waals surface area contributed by atoms with Gasteiger partial charge in [-0.15, -0.1) is 0 Å². The summed E-state index contributed by atoms with van der Waals surface area (Å²) in [6, 6.07) is 3.70. The molecule has 3 rings (SSSR count). The molecule has 0 saturated heterocycles. The van der Waals surface area contributed by atoms with E-state index in [1.165, 1.54) is 12.1 Å². The van der Waals surface area contributed by atoms with Crippen LogP contribution in [0.15, 0.2) is 30.6 Å². The Morgan fingerprint density at radius 2 is 2.27 bits per heavy atom. The zero-order valence-corrected chi connectivity index (χ0v) is 12.7. The second-order valence-electron chi connectivity index (χ2n) is 5.85. The van der Waals surface area contributed by atoms with E-state index >= 15 is 0 Å². The van der Waals surface area contributed by atoms with Crippen LogP contribution in [0.4, 0.5) is 8.78 Å². The van der Waals surface area contributed by atoms with E-state index in [0.29, 0.717) is 11.5 Å². The van der Waals surface area contributed by atoms with Crippen LogP contribution in [0.5, 0.6) is 0 Å². The summed E-state index contributed by atoms with van der Waals surface area (Å²) in [6.07, 6.45) is 6.83. The highest BCUT2D eigenvalue weighted by Crippen LogP contribution is 2.27. The molecular weight excluding hydrogens is 284 g/mol. The lowest BCUT2D eigenvalue weighted by molar-refractivity contribution is 0.393. The average molecular weight is 305 g/mol. The van der Waals surface area contributed by atoms with Crippen molar-refractivity contribution >= 4 is 0 Å². The Labute approximate surface area is 129 Å². The molecule has 2 unspecified atom stereocenters. The van der Waals surface area contributed by atoms with Gasteiger partial charge in [0.2, 0.25) is 0 Å². The molecule has 0 aliphatic carbocycles. The van der Waals surface area contributed by atoms with E-state index in [1.54, 1.807) is 0 Å². The molecule has 1 aromatic heterocycles. The van der Waals surface area contributed by atoms with Gasteiger partial charge in [0.05, 0.1) is 0 Å². The van der Waals surface area contributed by atoms with Gasteiger partial charge in [0.15, 0.2) is 0 Å². The molecular formula is C17H21F2N3. The summed E-state index contributed by atoms with van der Waals surface area (Å²) in [7, 11) is 0. The van der Waals surface area contributed by atoms with Gasteiger partial charge in [0.25, 0.3) is 0 Å². The fourth-order valence-corrected chi connectivity index (χ4v) is 3.24. The van der Waals surface area contributed by atoms with Crippen LogP contribution in [0, 0.1) is 11.6 Å². The van der Waals surface area contributed by atoms with Gasteiger partial charge in [-0.2, -0.15) is 0 Å². The normalized spacial score (nSPS) is 19.0. The number of nitrogens with zero attached hydrogens (tertiary/aromatic N) is 2. The second-order valence-corrected chi connectivity index (χ2v) is 5.85. The summed E-state index contributed by atoms with van der Waals surface area (Å²) in [6.45, 7) is 3.78. The molecule has 0 spiro atoms. The highest BCUT2D eigenvalue weighted by Gasteiger charge is 2.23. The Hall–Kier alpha value is -1.75. The number of hydrogen-bond donors (Lipinski definition) is 1. The van der Waals surface area contributed by atoms with Gasteiger partial charge in [-0.1, -0.05) is 13.0 Å². The van der Waals surface area contributed by atoms with E-state index < -0.39 is 11.6 Å².